The first kappa shape index (κ1) is 11.8. The predicted molar refractivity (Wildman–Crippen MR) is 60.6 cm³/mol. The molecule has 0 aliphatic heterocycles. The minimum Gasteiger partial charge on any atom is -0.294 e. The van der Waals surface area contributed by atoms with Gasteiger partial charge in [0.2, 0.25) is 5.91 Å². The second-order valence-electron chi connectivity index (χ2n) is 3.27. The van der Waals surface area contributed by atoms with Crippen LogP contribution in [0.1, 0.15) is 35.6 Å². The lowest BCUT2D eigenvalue weighted by Crippen LogP contribution is -2.24. The maximum atomic E-state index is 11.4. The maximum Gasteiger partial charge on any atom is 0.228 e. The molecule has 0 N–H and O–H groups in total. The minimum absolute atomic E-state index is 0.00106. The van der Waals surface area contributed by atoms with Gasteiger partial charge in [-0.1, -0.05) is 18.3 Å². The molecule has 1 aromatic rings. The van der Waals surface area contributed by atoms with Gasteiger partial charge in [-0.2, -0.15) is 0 Å². The summed E-state index contributed by atoms with van der Waals surface area (Å²) in [7, 11) is 1.67. The number of hydrogen-bond acceptors (Lipinski definition) is 4. The standard InChI is InChI=1S/C10H14N2O2S/c1-5-8(14)12(4)10-11-6(2)9(15-10)7(3)13/h5H2,1-4H3. The van der Waals surface area contributed by atoms with Gasteiger partial charge in [-0.15, -0.1) is 0 Å². The van der Waals surface area contributed by atoms with Crippen LogP contribution in [0.25, 0.3) is 0 Å². The molecule has 0 bridgehead atoms. The molecule has 1 rings (SSSR count). The van der Waals surface area contributed by atoms with Crippen molar-refractivity contribution in [1.82, 2.24) is 4.98 Å². The van der Waals surface area contributed by atoms with Gasteiger partial charge in [0, 0.05) is 20.4 Å². The first-order valence-corrected chi connectivity index (χ1v) is 5.54. The van der Waals surface area contributed by atoms with E-state index in [1.165, 1.54) is 23.2 Å². The first-order valence-electron chi connectivity index (χ1n) is 4.72. The number of Topliss-reactive ketones (excluding diaryl/α,β-unsaturated/α-hetero) is 1. The number of nitrogens with zero attached hydrogens (tertiary/aromatic N) is 2. The van der Waals surface area contributed by atoms with Crippen LogP contribution in [-0.2, 0) is 4.79 Å². The van der Waals surface area contributed by atoms with E-state index in [0.717, 1.165) is 0 Å². The Labute approximate surface area is 92.9 Å². The van der Waals surface area contributed by atoms with Crippen LogP contribution in [-0.4, -0.2) is 23.7 Å². The van der Waals surface area contributed by atoms with Crippen LogP contribution < -0.4 is 4.90 Å². The third-order valence-electron chi connectivity index (χ3n) is 2.07. The van der Waals surface area contributed by atoms with Crippen LogP contribution in [0.15, 0.2) is 0 Å². The van der Waals surface area contributed by atoms with Crippen molar-refractivity contribution in [3.63, 3.8) is 0 Å². The summed E-state index contributed by atoms with van der Waals surface area (Å²) in [5, 5.41) is 0.588. The first-order chi connectivity index (χ1) is 6.97. The van der Waals surface area contributed by atoms with E-state index in [-0.39, 0.29) is 11.7 Å². The molecule has 0 fully saturated rings. The Morgan fingerprint density at radius 1 is 1.47 bits per heavy atom. The second kappa shape index (κ2) is 4.53. The summed E-state index contributed by atoms with van der Waals surface area (Å²) in [4.78, 5) is 28.9. The molecular weight excluding hydrogens is 212 g/mol. The Balaban J connectivity index is 3.02. The molecule has 0 saturated heterocycles. The van der Waals surface area contributed by atoms with Gasteiger partial charge in [0.05, 0.1) is 10.6 Å². The fourth-order valence-corrected chi connectivity index (χ4v) is 2.14. The molecule has 0 radical (unpaired) electrons. The summed E-state index contributed by atoms with van der Waals surface area (Å²) in [5.41, 5.74) is 0.693. The average Bonchev–Trinajstić information content (AvgIpc) is 2.58. The van der Waals surface area contributed by atoms with Crippen molar-refractivity contribution < 1.29 is 9.59 Å². The zero-order chi connectivity index (χ0) is 11.6. The van der Waals surface area contributed by atoms with Crippen LogP contribution >= 0.6 is 11.3 Å². The van der Waals surface area contributed by atoms with Crippen molar-refractivity contribution in [1.29, 1.82) is 0 Å². The summed E-state index contributed by atoms with van der Waals surface area (Å²) in [6.07, 6.45) is 0.435. The summed E-state index contributed by atoms with van der Waals surface area (Å²) in [6.45, 7) is 5.08. The number of rotatable bonds is 3. The molecule has 0 aliphatic carbocycles. The summed E-state index contributed by atoms with van der Waals surface area (Å²) in [5.74, 6) is -0.00699. The topological polar surface area (TPSA) is 50.3 Å². The third kappa shape index (κ3) is 2.41. The highest BCUT2D eigenvalue weighted by Crippen LogP contribution is 2.25. The summed E-state index contributed by atoms with van der Waals surface area (Å²) < 4.78 is 0. The fourth-order valence-electron chi connectivity index (χ4n) is 1.20. The molecule has 0 aliphatic rings. The Morgan fingerprint density at radius 3 is 2.47 bits per heavy atom. The van der Waals surface area contributed by atoms with Crippen molar-refractivity contribution >= 4 is 28.2 Å². The molecule has 1 amide bonds. The average molecular weight is 226 g/mol. The lowest BCUT2D eigenvalue weighted by atomic mass is 10.3. The lowest BCUT2D eigenvalue weighted by Gasteiger charge is -2.11. The van der Waals surface area contributed by atoms with E-state index in [0.29, 0.717) is 22.1 Å². The normalized spacial score (nSPS) is 10.1. The summed E-state index contributed by atoms with van der Waals surface area (Å²) >= 11 is 1.26. The van der Waals surface area contributed by atoms with Crippen LogP contribution in [0.3, 0.4) is 0 Å². The van der Waals surface area contributed by atoms with Crippen molar-refractivity contribution in [2.75, 3.05) is 11.9 Å². The molecule has 4 nitrogen and oxygen atoms in total. The minimum atomic E-state index is -0.00593. The molecule has 0 atom stereocenters. The van der Waals surface area contributed by atoms with Crippen molar-refractivity contribution in [3.05, 3.63) is 10.6 Å². The molecule has 0 unspecified atom stereocenters. The van der Waals surface area contributed by atoms with Gasteiger partial charge in [-0.3, -0.25) is 14.5 Å². The van der Waals surface area contributed by atoms with Crippen molar-refractivity contribution in [2.24, 2.45) is 0 Å². The van der Waals surface area contributed by atoms with Gasteiger partial charge in [0.1, 0.15) is 0 Å². The molecule has 82 valence electrons. The number of aromatic nitrogens is 1. The number of aryl methyl sites for hydroxylation is 1. The number of carbonyl (C=O) groups is 2. The van der Waals surface area contributed by atoms with Gasteiger partial charge in [0.15, 0.2) is 10.9 Å². The monoisotopic (exact) mass is 226 g/mol. The number of hydrogen-bond donors (Lipinski definition) is 0. The van der Waals surface area contributed by atoms with Crippen LogP contribution in [0.2, 0.25) is 0 Å². The maximum absolute atomic E-state index is 11.4. The van der Waals surface area contributed by atoms with E-state index in [1.54, 1.807) is 20.9 Å². The molecule has 1 aromatic heterocycles. The summed E-state index contributed by atoms with van der Waals surface area (Å²) in [6, 6.07) is 0. The van der Waals surface area contributed by atoms with E-state index < -0.39 is 0 Å². The quantitative estimate of drug-likeness (QED) is 0.741. The fraction of sp³-hybridized carbons (Fsp3) is 0.500. The zero-order valence-corrected chi connectivity index (χ0v) is 10.1. The van der Waals surface area contributed by atoms with E-state index in [4.69, 9.17) is 0 Å². The van der Waals surface area contributed by atoms with Gasteiger partial charge < -0.3 is 0 Å². The van der Waals surface area contributed by atoms with Crippen LogP contribution in [0.4, 0.5) is 5.13 Å². The van der Waals surface area contributed by atoms with E-state index in [1.807, 2.05) is 0 Å². The molecule has 15 heavy (non-hydrogen) atoms. The van der Waals surface area contributed by atoms with E-state index in [2.05, 4.69) is 4.98 Å². The Bertz CT molecular complexity index is 398. The SMILES string of the molecule is CCC(=O)N(C)c1nc(C)c(C(C)=O)s1. The highest BCUT2D eigenvalue weighted by Gasteiger charge is 2.17. The van der Waals surface area contributed by atoms with Gasteiger partial charge in [0.25, 0.3) is 0 Å². The number of anilines is 1. The molecule has 0 spiro atoms. The smallest absolute Gasteiger partial charge is 0.228 e. The van der Waals surface area contributed by atoms with Crippen molar-refractivity contribution in [2.45, 2.75) is 27.2 Å². The van der Waals surface area contributed by atoms with Gasteiger partial charge in [-0.05, 0) is 6.92 Å². The van der Waals surface area contributed by atoms with E-state index in [9.17, 15) is 9.59 Å². The van der Waals surface area contributed by atoms with Gasteiger partial charge in [-0.25, -0.2) is 4.98 Å². The number of carbonyl (C=O) groups excluding carboxylic acids is 2. The third-order valence-corrected chi connectivity index (χ3v) is 3.40. The Morgan fingerprint density at radius 2 is 2.07 bits per heavy atom. The van der Waals surface area contributed by atoms with Crippen molar-refractivity contribution in [3.8, 4) is 0 Å². The predicted octanol–water partition coefficient (Wildman–Crippen LogP) is 2.03. The van der Waals surface area contributed by atoms with Crippen LogP contribution in [0, 0.1) is 6.92 Å². The number of thiazole rings is 1. The second-order valence-corrected chi connectivity index (χ2v) is 4.25. The molecule has 0 saturated carbocycles. The van der Waals surface area contributed by atoms with E-state index >= 15 is 0 Å². The van der Waals surface area contributed by atoms with Crippen LogP contribution in [0.5, 0.6) is 0 Å². The Kier molecular flexibility index (Phi) is 3.57. The lowest BCUT2D eigenvalue weighted by molar-refractivity contribution is -0.118. The highest BCUT2D eigenvalue weighted by molar-refractivity contribution is 7.17. The molecular formula is C10H14N2O2S. The number of ketones is 1. The number of amides is 1. The zero-order valence-electron chi connectivity index (χ0n) is 9.33. The highest BCUT2D eigenvalue weighted by atomic mass is 32.1. The molecule has 0 aromatic carbocycles. The molecule has 5 heteroatoms. The Hall–Kier alpha value is -1.23. The van der Waals surface area contributed by atoms with Gasteiger partial charge >= 0.3 is 0 Å². The largest absolute Gasteiger partial charge is 0.294 e. The molecule has 1 heterocycles.